The summed E-state index contributed by atoms with van der Waals surface area (Å²) >= 11 is 12.3. The van der Waals surface area contributed by atoms with E-state index in [0.29, 0.717) is 16.0 Å². The van der Waals surface area contributed by atoms with Gasteiger partial charge in [0.25, 0.3) is 0 Å². The van der Waals surface area contributed by atoms with Crippen molar-refractivity contribution in [3.63, 3.8) is 0 Å². The molecule has 0 atom stereocenters. The zero-order valence-corrected chi connectivity index (χ0v) is 11.7. The lowest BCUT2D eigenvalue weighted by molar-refractivity contribution is 1.21. The van der Waals surface area contributed by atoms with Gasteiger partial charge < -0.3 is 0 Å². The number of hydrogen-bond acceptors (Lipinski definition) is 2. The highest BCUT2D eigenvalue weighted by Crippen LogP contribution is 2.28. The second kappa shape index (κ2) is 4.80. The van der Waals surface area contributed by atoms with Crippen molar-refractivity contribution >= 4 is 34.1 Å². The second-order valence-electron chi connectivity index (χ2n) is 4.31. The Hall–Kier alpha value is -1.64. The maximum atomic E-state index is 6.22. The predicted octanol–water partition coefficient (Wildman–Crippen LogP) is 4.91. The lowest BCUT2D eigenvalue weighted by Gasteiger charge is -2.07. The molecule has 0 N–H and O–H groups in total. The van der Waals surface area contributed by atoms with Gasteiger partial charge in [0.05, 0.1) is 5.52 Å². The predicted molar refractivity (Wildman–Crippen MR) is 79.7 cm³/mol. The highest BCUT2D eigenvalue weighted by Gasteiger charge is 2.10. The van der Waals surface area contributed by atoms with Crippen molar-refractivity contribution in [3.8, 4) is 11.4 Å². The molecule has 2 nitrogen and oxygen atoms in total. The van der Waals surface area contributed by atoms with Gasteiger partial charge in [0.15, 0.2) is 5.82 Å². The molecule has 94 valence electrons. The molecule has 0 aliphatic heterocycles. The molecule has 1 aromatic heterocycles. The van der Waals surface area contributed by atoms with E-state index in [-0.39, 0.29) is 0 Å². The van der Waals surface area contributed by atoms with E-state index in [2.05, 4.69) is 9.97 Å². The first-order valence-corrected chi connectivity index (χ1v) is 6.59. The van der Waals surface area contributed by atoms with Crippen LogP contribution in [0.5, 0.6) is 0 Å². The fourth-order valence-corrected chi connectivity index (χ4v) is 2.41. The summed E-state index contributed by atoms with van der Waals surface area (Å²) < 4.78 is 0. The number of nitrogens with zero attached hydrogens (tertiary/aromatic N) is 2. The molecule has 0 amide bonds. The third-order valence-electron chi connectivity index (χ3n) is 3.00. The van der Waals surface area contributed by atoms with Crippen molar-refractivity contribution in [2.45, 2.75) is 6.92 Å². The number of aryl methyl sites for hydroxylation is 1. The van der Waals surface area contributed by atoms with Crippen molar-refractivity contribution in [2.75, 3.05) is 0 Å². The molecule has 0 radical (unpaired) electrons. The normalized spacial score (nSPS) is 10.9. The van der Waals surface area contributed by atoms with E-state index in [0.717, 1.165) is 22.0 Å². The van der Waals surface area contributed by atoms with Crippen molar-refractivity contribution in [2.24, 2.45) is 0 Å². The van der Waals surface area contributed by atoms with Crippen LogP contribution in [0.15, 0.2) is 42.5 Å². The Morgan fingerprint density at radius 3 is 2.58 bits per heavy atom. The molecular formula is C15H10Cl2N2. The van der Waals surface area contributed by atoms with Gasteiger partial charge in [-0.3, -0.25) is 0 Å². The largest absolute Gasteiger partial charge is 0.228 e. The zero-order valence-electron chi connectivity index (χ0n) is 10.2. The number of halogens is 2. The maximum absolute atomic E-state index is 6.22. The summed E-state index contributed by atoms with van der Waals surface area (Å²) in [6, 6.07) is 13.3. The number of fused-ring (bicyclic) bond motifs is 1. The smallest absolute Gasteiger partial charge is 0.161 e. The zero-order chi connectivity index (χ0) is 13.4. The van der Waals surface area contributed by atoms with Gasteiger partial charge in [-0.2, -0.15) is 0 Å². The first-order valence-electron chi connectivity index (χ1n) is 5.84. The average molecular weight is 289 g/mol. The fraction of sp³-hybridized carbons (Fsp3) is 0.0667. The fourth-order valence-electron chi connectivity index (χ4n) is 1.99. The standard InChI is InChI=1S/C15H10Cl2N2/c1-9-6-7-10(16)8-12(9)15-18-13-5-3-2-4-11(13)14(17)19-15/h2-8H,1H3. The molecule has 0 aliphatic rings. The molecule has 1 heterocycles. The quantitative estimate of drug-likeness (QED) is 0.595. The number of rotatable bonds is 1. The second-order valence-corrected chi connectivity index (χ2v) is 5.11. The summed E-state index contributed by atoms with van der Waals surface area (Å²) in [5.41, 5.74) is 2.80. The van der Waals surface area contributed by atoms with Crippen LogP contribution < -0.4 is 0 Å². The van der Waals surface area contributed by atoms with Crippen LogP contribution in [0.3, 0.4) is 0 Å². The lowest BCUT2D eigenvalue weighted by atomic mass is 10.1. The topological polar surface area (TPSA) is 25.8 Å². The Kier molecular flexibility index (Phi) is 3.13. The molecule has 3 rings (SSSR count). The van der Waals surface area contributed by atoms with Gasteiger partial charge >= 0.3 is 0 Å². The van der Waals surface area contributed by atoms with Crippen LogP contribution >= 0.6 is 23.2 Å². The molecule has 2 aromatic carbocycles. The Bertz CT molecular complexity index is 769. The summed E-state index contributed by atoms with van der Waals surface area (Å²) in [5.74, 6) is 0.601. The Balaban J connectivity index is 2.28. The number of para-hydroxylation sites is 1. The molecule has 19 heavy (non-hydrogen) atoms. The van der Waals surface area contributed by atoms with Gasteiger partial charge in [-0.25, -0.2) is 9.97 Å². The van der Waals surface area contributed by atoms with Crippen molar-refractivity contribution in [3.05, 3.63) is 58.2 Å². The van der Waals surface area contributed by atoms with E-state index < -0.39 is 0 Å². The van der Waals surface area contributed by atoms with Crippen LogP contribution in [-0.4, -0.2) is 9.97 Å². The molecule has 4 heteroatoms. The van der Waals surface area contributed by atoms with Crippen molar-refractivity contribution < 1.29 is 0 Å². The summed E-state index contributed by atoms with van der Waals surface area (Å²) in [6.07, 6.45) is 0. The van der Waals surface area contributed by atoms with Gasteiger partial charge in [-0.1, -0.05) is 41.4 Å². The summed E-state index contributed by atoms with van der Waals surface area (Å²) in [6.45, 7) is 2.00. The van der Waals surface area contributed by atoms with Gasteiger partial charge in [0, 0.05) is 16.0 Å². The van der Waals surface area contributed by atoms with E-state index in [1.807, 2.05) is 49.4 Å². The maximum Gasteiger partial charge on any atom is 0.161 e. The molecule has 3 aromatic rings. The van der Waals surface area contributed by atoms with E-state index in [1.54, 1.807) is 0 Å². The average Bonchev–Trinajstić information content (AvgIpc) is 2.41. The van der Waals surface area contributed by atoms with Crippen molar-refractivity contribution in [1.29, 1.82) is 0 Å². The van der Waals surface area contributed by atoms with Crippen molar-refractivity contribution in [1.82, 2.24) is 9.97 Å². The van der Waals surface area contributed by atoms with Crippen LogP contribution in [-0.2, 0) is 0 Å². The molecule has 0 saturated carbocycles. The first-order chi connectivity index (χ1) is 9.15. The van der Waals surface area contributed by atoms with E-state index in [1.165, 1.54) is 0 Å². The molecule has 0 spiro atoms. The molecule has 0 fully saturated rings. The van der Waals surface area contributed by atoms with Gasteiger partial charge in [-0.05, 0) is 36.8 Å². The highest BCUT2D eigenvalue weighted by atomic mass is 35.5. The van der Waals surface area contributed by atoms with Crippen LogP contribution in [0.1, 0.15) is 5.56 Å². The third kappa shape index (κ3) is 2.29. The van der Waals surface area contributed by atoms with Crippen LogP contribution in [0, 0.1) is 6.92 Å². The van der Waals surface area contributed by atoms with Gasteiger partial charge in [0.1, 0.15) is 5.15 Å². The van der Waals surface area contributed by atoms with Crippen LogP contribution in [0.25, 0.3) is 22.3 Å². The number of benzene rings is 2. The molecule has 0 aliphatic carbocycles. The third-order valence-corrected chi connectivity index (χ3v) is 3.52. The molecular weight excluding hydrogens is 279 g/mol. The van der Waals surface area contributed by atoms with Crippen LogP contribution in [0.2, 0.25) is 10.2 Å². The van der Waals surface area contributed by atoms with E-state index >= 15 is 0 Å². The van der Waals surface area contributed by atoms with Gasteiger partial charge in [-0.15, -0.1) is 0 Å². The summed E-state index contributed by atoms with van der Waals surface area (Å²) in [7, 11) is 0. The number of hydrogen-bond donors (Lipinski definition) is 0. The Morgan fingerprint density at radius 2 is 1.74 bits per heavy atom. The summed E-state index contributed by atoms with van der Waals surface area (Å²) in [5, 5.41) is 1.97. The minimum atomic E-state index is 0.458. The Labute approximate surface area is 121 Å². The highest BCUT2D eigenvalue weighted by molar-refractivity contribution is 6.34. The number of aromatic nitrogens is 2. The van der Waals surface area contributed by atoms with Gasteiger partial charge in [0.2, 0.25) is 0 Å². The molecule has 0 unspecified atom stereocenters. The first kappa shape index (κ1) is 12.4. The lowest BCUT2D eigenvalue weighted by Crippen LogP contribution is -1.93. The van der Waals surface area contributed by atoms with E-state index in [4.69, 9.17) is 23.2 Å². The minimum Gasteiger partial charge on any atom is -0.228 e. The molecule has 0 bridgehead atoms. The minimum absolute atomic E-state index is 0.458. The van der Waals surface area contributed by atoms with Crippen LogP contribution in [0.4, 0.5) is 0 Å². The Morgan fingerprint density at radius 1 is 0.947 bits per heavy atom. The summed E-state index contributed by atoms with van der Waals surface area (Å²) in [4.78, 5) is 8.92. The monoisotopic (exact) mass is 288 g/mol. The van der Waals surface area contributed by atoms with E-state index in [9.17, 15) is 0 Å². The SMILES string of the molecule is Cc1ccc(Cl)cc1-c1nc(Cl)c2ccccc2n1. The molecule has 0 saturated heterocycles.